The molecule has 3 nitrogen and oxygen atoms in total. The van der Waals surface area contributed by atoms with E-state index < -0.39 is 0 Å². The Bertz CT molecular complexity index is 231. The molecule has 92 valence electrons. The van der Waals surface area contributed by atoms with Crippen molar-refractivity contribution >= 4 is 0 Å². The normalized spacial score (nSPS) is 30.5. The minimum atomic E-state index is 0.455. The van der Waals surface area contributed by atoms with Crippen molar-refractivity contribution in [2.75, 3.05) is 32.7 Å². The van der Waals surface area contributed by atoms with Gasteiger partial charge in [0.05, 0.1) is 0 Å². The third-order valence-corrected chi connectivity index (χ3v) is 3.94. The largest absolute Gasteiger partial charge is 0.328 e. The predicted molar refractivity (Wildman–Crippen MR) is 68.4 cm³/mol. The number of nitrogens with two attached hydrogens (primary N) is 1. The summed E-state index contributed by atoms with van der Waals surface area (Å²) in [5.41, 5.74) is 5.94. The lowest BCUT2D eigenvalue weighted by molar-refractivity contribution is 0.154. The summed E-state index contributed by atoms with van der Waals surface area (Å²) in [5, 5.41) is 0. The Balaban J connectivity index is 1.75. The molecule has 0 bridgehead atoms. The average molecular weight is 223 g/mol. The lowest BCUT2D eigenvalue weighted by Gasteiger charge is -2.34. The zero-order chi connectivity index (χ0) is 11.4. The molecule has 16 heavy (non-hydrogen) atoms. The van der Waals surface area contributed by atoms with Crippen LogP contribution >= 0.6 is 0 Å². The second kappa shape index (κ2) is 5.80. The first-order valence-electron chi connectivity index (χ1n) is 6.62. The van der Waals surface area contributed by atoms with E-state index in [1.807, 2.05) is 0 Å². The molecule has 0 aromatic rings. The van der Waals surface area contributed by atoms with E-state index in [4.69, 9.17) is 5.73 Å². The summed E-state index contributed by atoms with van der Waals surface area (Å²) in [6.07, 6.45) is 8.12. The zero-order valence-electron chi connectivity index (χ0n) is 10.4. The van der Waals surface area contributed by atoms with Gasteiger partial charge in [-0.25, -0.2) is 0 Å². The van der Waals surface area contributed by atoms with Gasteiger partial charge in [0, 0.05) is 31.7 Å². The zero-order valence-corrected chi connectivity index (χ0v) is 10.4. The van der Waals surface area contributed by atoms with E-state index in [1.54, 1.807) is 0 Å². The summed E-state index contributed by atoms with van der Waals surface area (Å²) < 4.78 is 0. The molecule has 0 aromatic carbocycles. The Hall–Kier alpha value is -0.380. The second-order valence-corrected chi connectivity index (χ2v) is 5.14. The molecule has 2 aliphatic rings. The third-order valence-electron chi connectivity index (χ3n) is 3.94. The molecular weight excluding hydrogens is 198 g/mol. The maximum absolute atomic E-state index is 5.94. The van der Waals surface area contributed by atoms with Gasteiger partial charge >= 0.3 is 0 Å². The standard InChI is InChI=1S/C13H25N3/c1-2-3-7-15-8-6-13(11-15)16-9-4-12(14)5-10-16/h2-3,12-13H,4-11,14H2,1H3/b3-2+. The maximum Gasteiger partial charge on any atom is 0.0235 e. The molecule has 3 heteroatoms. The fraction of sp³-hybridized carbons (Fsp3) is 0.846. The molecule has 2 aliphatic heterocycles. The SMILES string of the molecule is C/C=C/CN1CCC(N2CCC(N)CC2)C1. The molecule has 0 aliphatic carbocycles. The van der Waals surface area contributed by atoms with E-state index in [0.29, 0.717) is 6.04 Å². The molecule has 0 spiro atoms. The summed E-state index contributed by atoms with van der Waals surface area (Å²) in [7, 11) is 0. The monoisotopic (exact) mass is 223 g/mol. The predicted octanol–water partition coefficient (Wildman–Crippen LogP) is 1.06. The van der Waals surface area contributed by atoms with Crippen molar-refractivity contribution in [2.24, 2.45) is 5.73 Å². The number of nitrogens with zero attached hydrogens (tertiary/aromatic N) is 2. The van der Waals surface area contributed by atoms with Crippen molar-refractivity contribution < 1.29 is 0 Å². The van der Waals surface area contributed by atoms with Crippen LogP contribution in [0.15, 0.2) is 12.2 Å². The fourth-order valence-electron chi connectivity index (χ4n) is 2.82. The molecule has 1 atom stereocenters. The van der Waals surface area contributed by atoms with E-state index in [-0.39, 0.29) is 0 Å². The van der Waals surface area contributed by atoms with Gasteiger partial charge in [-0.15, -0.1) is 0 Å². The molecule has 2 fully saturated rings. The topological polar surface area (TPSA) is 32.5 Å². The molecule has 0 saturated carbocycles. The third kappa shape index (κ3) is 3.06. The van der Waals surface area contributed by atoms with Crippen molar-refractivity contribution in [3.63, 3.8) is 0 Å². The quantitative estimate of drug-likeness (QED) is 0.726. The van der Waals surface area contributed by atoms with Crippen molar-refractivity contribution in [3.05, 3.63) is 12.2 Å². The first-order valence-corrected chi connectivity index (χ1v) is 6.62. The van der Waals surface area contributed by atoms with E-state index in [0.717, 1.165) is 12.6 Å². The van der Waals surface area contributed by atoms with E-state index >= 15 is 0 Å². The van der Waals surface area contributed by atoms with Gasteiger partial charge in [0.25, 0.3) is 0 Å². The summed E-state index contributed by atoms with van der Waals surface area (Å²) in [4.78, 5) is 5.21. The van der Waals surface area contributed by atoms with Gasteiger partial charge in [-0.05, 0) is 39.3 Å². The first-order chi connectivity index (χ1) is 7.79. The fourth-order valence-corrected chi connectivity index (χ4v) is 2.82. The summed E-state index contributed by atoms with van der Waals surface area (Å²) >= 11 is 0. The van der Waals surface area contributed by atoms with Crippen molar-refractivity contribution in [2.45, 2.75) is 38.3 Å². The molecule has 0 amide bonds. The highest BCUT2D eigenvalue weighted by atomic mass is 15.3. The highest BCUT2D eigenvalue weighted by Crippen LogP contribution is 2.19. The lowest BCUT2D eigenvalue weighted by atomic mass is 10.0. The van der Waals surface area contributed by atoms with E-state index in [2.05, 4.69) is 28.9 Å². The van der Waals surface area contributed by atoms with Gasteiger partial charge in [0.1, 0.15) is 0 Å². The minimum Gasteiger partial charge on any atom is -0.328 e. The molecule has 2 heterocycles. The van der Waals surface area contributed by atoms with Crippen LogP contribution in [0.25, 0.3) is 0 Å². The van der Waals surface area contributed by atoms with Gasteiger partial charge in [0.15, 0.2) is 0 Å². The lowest BCUT2D eigenvalue weighted by Crippen LogP contribution is -2.46. The van der Waals surface area contributed by atoms with E-state index in [9.17, 15) is 0 Å². The van der Waals surface area contributed by atoms with Gasteiger partial charge in [-0.1, -0.05) is 12.2 Å². The molecular formula is C13H25N3. The molecule has 2 N–H and O–H groups in total. The van der Waals surface area contributed by atoms with Crippen LogP contribution in [0.3, 0.4) is 0 Å². The average Bonchev–Trinajstić information content (AvgIpc) is 2.76. The van der Waals surface area contributed by atoms with Crippen molar-refractivity contribution in [3.8, 4) is 0 Å². The van der Waals surface area contributed by atoms with Crippen molar-refractivity contribution in [1.29, 1.82) is 0 Å². The number of hydrogen-bond acceptors (Lipinski definition) is 3. The van der Waals surface area contributed by atoms with Gasteiger partial charge < -0.3 is 5.73 Å². The first kappa shape index (κ1) is 12.1. The number of likely N-dealkylation sites (tertiary alicyclic amines) is 2. The van der Waals surface area contributed by atoms with Crippen molar-refractivity contribution in [1.82, 2.24) is 9.80 Å². The van der Waals surface area contributed by atoms with Crippen LogP contribution < -0.4 is 5.73 Å². The Morgan fingerprint density at radius 2 is 1.94 bits per heavy atom. The molecule has 0 radical (unpaired) electrons. The highest BCUT2D eigenvalue weighted by Gasteiger charge is 2.28. The Kier molecular flexibility index (Phi) is 4.38. The van der Waals surface area contributed by atoms with Gasteiger partial charge in [-0.3, -0.25) is 9.80 Å². The number of piperidine rings is 1. The van der Waals surface area contributed by atoms with E-state index in [1.165, 1.54) is 45.4 Å². The highest BCUT2D eigenvalue weighted by molar-refractivity contribution is 4.90. The molecule has 2 rings (SSSR count). The Labute approximate surface area is 99.3 Å². The number of rotatable bonds is 3. The smallest absolute Gasteiger partial charge is 0.0235 e. The van der Waals surface area contributed by atoms with Crippen LogP contribution in [0.4, 0.5) is 0 Å². The second-order valence-electron chi connectivity index (χ2n) is 5.14. The maximum atomic E-state index is 5.94. The van der Waals surface area contributed by atoms with Crippen LogP contribution in [0.5, 0.6) is 0 Å². The van der Waals surface area contributed by atoms with Crippen LogP contribution in [0.1, 0.15) is 26.2 Å². The Morgan fingerprint density at radius 3 is 2.62 bits per heavy atom. The van der Waals surface area contributed by atoms with Crippen LogP contribution in [0.2, 0.25) is 0 Å². The molecule has 2 saturated heterocycles. The Morgan fingerprint density at radius 1 is 1.19 bits per heavy atom. The number of hydrogen-bond donors (Lipinski definition) is 1. The molecule has 0 aromatic heterocycles. The van der Waals surface area contributed by atoms with Crippen LogP contribution in [-0.2, 0) is 0 Å². The number of allylic oxidation sites excluding steroid dienone is 1. The van der Waals surface area contributed by atoms with Gasteiger partial charge in [0.2, 0.25) is 0 Å². The van der Waals surface area contributed by atoms with Crippen LogP contribution in [0, 0.1) is 0 Å². The van der Waals surface area contributed by atoms with Crippen LogP contribution in [-0.4, -0.2) is 54.6 Å². The molecule has 1 unspecified atom stereocenters. The minimum absolute atomic E-state index is 0.455. The summed E-state index contributed by atoms with van der Waals surface area (Å²) in [6.45, 7) is 8.16. The summed E-state index contributed by atoms with van der Waals surface area (Å²) in [6, 6.07) is 1.24. The van der Waals surface area contributed by atoms with Gasteiger partial charge in [-0.2, -0.15) is 0 Å². The summed E-state index contributed by atoms with van der Waals surface area (Å²) in [5.74, 6) is 0.